The lowest BCUT2D eigenvalue weighted by Crippen LogP contribution is -2.45. The normalized spacial score (nSPS) is 20.5. The molecule has 1 fully saturated rings. The van der Waals surface area contributed by atoms with Gasteiger partial charge >= 0.3 is 0 Å². The molecule has 0 radical (unpaired) electrons. The Bertz CT molecular complexity index is 631. The highest BCUT2D eigenvalue weighted by molar-refractivity contribution is 7.88. The van der Waals surface area contributed by atoms with Crippen LogP contribution >= 0.6 is 0 Å². The molecular weight excluding hydrogens is 324 g/mol. The smallest absolute Gasteiger partial charge is 0.224 e. The second kappa shape index (κ2) is 8.62. The molecule has 2 atom stereocenters. The molecule has 0 unspecified atom stereocenters. The van der Waals surface area contributed by atoms with Crippen LogP contribution in [0.4, 0.5) is 0 Å². The van der Waals surface area contributed by atoms with Crippen LogP contribution in [0.3, 0.4) is 0 Å². The largest absolute Gasteiger partial charge is 0.356 e. The summed E-state index contributed by atoms with van der Waals surface area (Å²) in [6.07, 6.45) is 4.65. The first kappa shape index (κ1) is 18.9. The Morgan fingerprint density at radius 3 is 2.67 bits per heavy atom. The molecule has 1 aromatic carbocycles. The number of carbonyl (C=O) groups is 1. The van der Waals surface area contributed by atoms with Crippen molar-refractivity contribution in [3.8, 4) is 0 Å². The Kier molecular flexibility index (Phi) is 6.80. The van der Waals surface area contributed by atoms with Gasteiger partial charge in [-0.15, -0.1) is 0 Å². The molecule has 2 rings (SSSR count). The maximum absolute atomic E-state index is 12.4. The summed E-state index contributed by atoms with van der Waals surface area (Å²) >= 11 is 0. The van der Waals surface area contributed by atoms with Gasteiger partial charge in [0.2, 0.25) is 15.9 Å². The molecule has 6 heteroatoms. The van der Waals surface area contributed by atoms with Crippen LogP contribution in [0.15, 0.2) is 30.3 Å². The molecular formula is C18H28N2O3S. The number of rotatable bonds is 7. The highest BCUT2D eigenvalue weighted by atomic mass is 32.2. The summed E-state index contributed by atoms with van der Waals surface area (Å²) < 4.78 is 24.7. The Balaban J connectivity index is 1.85. The summed E-state index contributed by atoms with van der Waals surface area (Å²) in [5, 5.41) is 3.04. The van der Waals surface area contributed by atoms with Gasteiger partial charge in [0.15, 0.2) is 0 Å². The number of nitrogens with zero attached hydrogens (tertiary/aromatic N) is 1. The van der Waals surface area contributed by atoms with Crippen molar-refractivity contribution in [3.63, 3.8) is 0 Å². The van der Waals surface area contributed by atoms with E-state index in [4.69, 9.17) is 0 Å². The lowest BCUT2D eigenvalue weighted by Gasteiger charge is -2.30. The minimum Gasteiger partial charge on any atom is -0.356 e. The molecule has 1 aliphatic heterocycles. The van der Waals surface area contributed by atoms with Crippen LogP contribution < -0.4 is 5.32 Å². The van der Waals surface area contributed by atoms with Crippen molar-refractivity contribution in [2.45, 2.75) is 32.6 Å². The number of carbonyl (C=O) groups excluding carboxylic acids is 1. The van der Waals surface area contributed by atoms with Crippen LogP contribution in [0, 0.1) is 11.8 Å². The standard InChI is InChI=1S/C18H28N2O3S/c1-3-15(12-16-8-5-4-6-9-16)13-19-18(21)17-10-7-11-20(14-17)24(2,22)23/h4-6,8-9,15,17H,3,7,10-14H2,1-2H3,(H,19,21)/t15-,17+/m0/s1. The van der Waals surface area contributed by atoms with E-state index in [9.17, 15) is 13.2 Å². The minimum absolute atomic E-state index is 0.0186. The van der Waals surface area contributed by atoms with Crippen LogP contribution in [-0.4, -0.2) is 44.5 Å². The molecule has 1 N–H and O–H groups in total. The number of hydrogen-bond donors (Lipinski definition) is 1. The quantitative estimate of drug-likeness (QED) is 0.817. The minimum atomic E-state index is -3.22. The van der Waals surface area contributed by atoms with Gasteiger partial charge in [0.25, 0.3) is 0 Å². The summed E-state index contributed by atoms with van der Waals surface area (Å²) in [7, 11) is -3.22. The molecule has 0 aliphatic carbocycles. The van der Waals surface area contributed by atoms with Gasteiger partial charge in [-0.3, -0.25) is 4.79 Å². The summed E-state index contributed by atoms with van der Waals surface area (Å²) in [4.78, 5) is 12.4. The van der Waals surface area contributed by atoms with E-state index in [1.807, 2.05) is 18.2 Å². The Labute approximate surface area is 145 Å². The molecule has 134 valence electrons. The Hall–Kier alpha value is -1.40. The van der Waals surface area contributed by atoms with Gasteiger partial charge < -0.3 is 5.32 Å². The van der Waals surface area contributed by atoms with Gasteiger partial charge in [0.1, 0.15) is 0 Å². The summed E-state index contributed by atoms with van der Waals surface area (Å²) in [5.74, 6) is 0.142. The molecule has 1 heterocycles. The molecule has 0 spiro atoms. The van der Waals surface area contributed by atoms with Gasteiger partial charge in [-0.1, -0.05) is 43.7 Å². The lowest BCUT2D eigenvalue weighted by atomic mass is 9.95. The van der Waals surface area contributed by atoms with Crippen LogP contribution in [0.5, 0.6) is 0 Å². The van der Waals surface area contributed by atoms with Crippen LogP contribution in [0.1, 0.15) is 31.7 Å². The van der Waals surface area contributed by atoms with Crippen molar-refractivity contribution in [2.75, 3.05) is 25.9 Å². The topological polar surface area (TPSA) is 66.5 Å². The number of benzene rings is 1. The van der Waals surface area contributed by atoms with E-state index in [1.165, 1.54) is 16.1 Å². The van der Waals surface area contributed by atoms with Crippen LogP contribution in [-0.2, 0) is 21.2 Å². The second-order valence-electron chi connectivity index (χ2n) is 6.67. The SMILES string of the molecule is CC[C@H](CNC(=O)[C@@H]1CCCN(S(C)(=O)=O)C1)Cc1ccccc1. The van der Waals surface area contributed by atoms with Crippen LogP contribution in [0.2, 0.25) is 0 Å². The molecule has 0 saturated carbocycles. The van der Waals surface area contributed by atoms with Crippen LogP contribution in [0.25, 0.3) is 0 Å². The monoisotopic (exact) mass is 352 g/mol. The Morgan fingerprint density at radius 1 is 1.33 bits per heavy atom. The van der Waals surface area contributed by atoms with Gasteiger partial charge in [-0.05, 0) is 30.7 Å². The summed E-state index contributed by atoms with van der Waals surface area (Å²) in [5.41, 5.74) is 1.28. The van der Waals surface area contributed by atoms with Crippen molar-refractivity contribution >= 4 is 15.9 Å². The Morgan fingerprint density at radius 2 is 2.04 bits per heavy atom. The van der Waals surface area contributed by atoms with E-state index in [1.54, 1.807) is 0 Å². The highest BCUT2D eigenvalue weighted by Crippen LogP contribution is 2.19. The number of piperidine rings is 1. The van der Waals surface area contributed by atoms with Gasteiger partial charge in [-0.25, -0.2) is 12.7 Å². The second-order valence-corrected chi connectivity index (χ2v) is 8.65. The van der Waals surface area contributed by atoms with Gasteiger partial charge in [0.05, 0.1) is 12.2 Å². The van der Waals surface area contributed by atoms with E-state index in [0.717, 1.165) is 25.7 Å². The average molecular weight is 353 g/mol. The average Bonchev–Trinajstić information content (AvgIpc) is 2.58. The number of hydrogen-bond acceptors (Lipinski definition) is 3. The highest BCUT2D eigenvalue weighted by Gasteiger charge is 2.30. The van der Waals surface area contributed by atoms with E-state index < -0.39 is 10.0 Å². The van der Waals surface area contributed by atoms with Crippen molar-refractivity contribution in [3.05, 3.63) is 35.9 Å². The van der Waals surface area contributed by atoms with Crippen molar-refractivity contribution in [1.82, 2.24) is 9.62 Å². The van der Waals surface area contributed by atoms with Gasteiger partial charge in [-0.2, -0.15) is 0 Å². The first-order chi connectivity index (χ1) is 11.4. The molecule has 0 aromatic heterocycles. The first-order valence-corrected chi connectivity index (χ1v) is 10.5. The maximum atomic E-state index is 12.4. The summed E-state index contributed by atoms with van der Waals surface area (Å²) in [6.45, 7) is 3.60. The number of sulfonamides is 1. The third-order valence-corrected chi connectivity index (χ3v) is 6.00. The molecule has 1 saturated heterocycles. The summed E-state index contributed by atoms with van der Waals surface area (Å²) in [6, 6.07) is 10.3. The van der Waals surface area contributed by atoms with E-state index in [0.29, 0.717) is 25.6 Å². The number of nitrogens with one attached hydrogen (secondary N) is 1. The molecule has 5 nitrogen and oxygen atoms in total. The zero-order valence-corrected chi connectivity index (χ0v) is 15.4. The molecule has 1 aromatic rings. The van der Waals surface area contributed by atoms with Crippen molar-refractivity contribution in [1.29, 1.82) is 0 Å². The fourth-order valence-electron chi connectivity index (χ4n) is 3.16. The van der Waals surface area contributed by atoms with Gasteiger partial charge in [0, 0.05) is 19.6 Å². The predicted molar refractivity (Wildman–Crippen MR) is 96.1 cm³/mol. The van der Waals surface area contributed by atoms with E-state index >= 15 is 0 Å². The zero-order valence-electron chi connectivity index (χ0n) is 14.6. The predicted octanol–water partition coefficient (Wildman–Crippen LogP) is 2.04. The molecule has 1 aliphatic rings. The molecule has 0 bridgehead atoms. The zero-order chi connectivity index (χ0) is 17.6. The number of amides is 1. The maximum Gasteiger partial charge on any atom is 0.224 e. The van der Waals surface area contributed by atoms with Crippen molar-refractivity contribution < 1.29 is 13.2 Å². The van der Waals surface area contributed by atoms with E-state index in [2.05, 4.69) is 24.4 Å². The van der Waals surface area contributed by atoms with Crippen molar-refractivity contribution in [2.24, 2.45) is 11.8 Å². The first-order valence-electron chi connectivity index (χ1n) is 8.67. The molecule has 1 amide bonds. The fraction of sp³-hybridized carbons (Fsp3) is 0.611. The fourth-order valence-corrected chi connectivity index (χ4v) is 4.07. The third kappa shape index (κ3) is 5.60. The molecule has 24 heavy (non-hydrogen) atoms. The lowest BCUT2D eigenvalue weighted by molar-refractivity contribution is -0.126. The van der Waals surface area contributed by atoms with E-state index in [-0.39, 0.29) is 11.8 Å². The third-order valence-electron chi connectivity index (χ3n) is 4.73.